The van der Waals surface area contributed by atoms with Gasteiger partial charge < -0.3 is 4.90 Å². The van der Waals surface area contributed by atoms with E-state index in [4.69, 9.17) is 16.6 Å². The molecule has 0 N–H and O–H groups in total. The van der Waals surface area contributed by atoms with E-state index in [1.807, 2.05) is 13.8 Å². The number of benzene rings is 1. The number of hydrogen-bond acceptors (Lipinski definition) is 5. The van der Waals surface area contributed by atoms with Gasteiger partial charge in [-0.3, -0.25) is 14.6 Å². The summed E-state index contributed by atoms with van der Waals surface area (Å²) < 4.78 is 14.1. The highest BCUT2D eigenvalue weighted by atomic mass is 35.5. The molecule has 0 aliphatic carbocycles. The van der Waals surface area contributed by atoms with Gasteiger partial charge in [0, 0.05) is 30.5 Å². The first kappa shape index (κ1) is 21.2. The van der Waals surface area contributed by atoms with Crippen molar-refractivity contribution in [2.45, 2.75) is 38.9 Å². The fourth-order valence-electron chi connectivity index (χ4n) is 4.05. The normalized spacial score (nSPS) is 20.9. The molecule has 2 atom stereocenters. The summed E-state index contributed by atoms with van der Waals surface area (Å²) >= 11 is 5.95. The smallest absolute Gasteiger partial charge is 0.309 e. The van der Waals surface area contributed by atoms with Crippen LogP contribution in [-0.4, -0.2) is 57.9 Å². The molecule has 0 bridgehead atoms. The lowest BCUT2D eigenvalue weighted by molar-refractivity contribution is -0.134. The topological polar surface area (TPSA) is 69.1 Å². The molecule has 2 aliphatic heterocycles. The van der Waals surface area contributed by atoms with Crippen LogP contribution in [0.15, 0.2) is 47.6 Å². The molecule has 0 saturated carbocycles. The molecule has 1 aromatic heterocycles. The Balaban J connectivity index is 1.87. The molecule has 1 aromatic carbocycles. The zero-order valence-corrected chi connectivity index (χ0v) is 18.1. The molecular formula is C22H23ClFN5O2. The Hall–Kier alpha value is -3.00. The second-order valence-corrected chi connectivity index (χ2v) is 7.88. The highest BCUT2D eigenvalue weighted by Gasteiger charge is 2.53. The van der Waals surface area contributed by atoms with E-state index in [1.54, 1.807) is 40.3 Å². The van der Waals surface area contributed by atoms with Crippen molar-refractivity contribution in [3.63, 3.8) is 0 Å². The maximum atomic E-state index is 14.1. The second kappa shape index (κ2) is 8.63. The van der Waals surface area contributed by atoms with Crippen molar-refractivity contribution in [3.05, 3.63) is 59.1 Å². The zero-order valence-electron chi connectivity index (χ0n) is 17.3. The van der Waals surface area contributed by atoms with Gasteiger partial charge in [0.15, 0.2) is 12.2 Å². The summed E-state index contributed by atoms with van der Waals surface area (Å²) in [5, 5.41) is 0.324. The van der Waals surface area contributed by atoms with E-state index < -0.39 is 18.0 Å². The number of halogens is 2. The standard InChI is InChI=1S/C22H23ClFN5O2/c1-3-10-27-20-18(21(30)28(11-4-2)22(27)31)29(16-7-5-6-15(24)12-16)19(26-20)14-8-9-17(23)25-13-14/h5-9,12-13,18,20H,3-4,10-11H2,1-2H3. The molecule has 31 heavy (non-hydrogen) atoms. The van der Waals surface area contributed by atoms with Gasteiger partial charge in [-0.1, -0.05) is 31.5 Å². The summed E-state index contributed by atoms with van der Waals surface area (Å²) in [7, 11) is 0. The number of carbonyl (C=O) groups excluding carboxylic acids is 2. The number of fused-ring (bicyclic) bond motifs is 1. The number of carbonyl (C=O) groups is 2. The molecule has 162 valence electrons. The average molecular weight is 444 g/mol. The van der Waals surface area contributed by atoms with Gasteiger partial charge in [-0.25, -0.2) is 19.2 Å². The zero-order chi connectivity index (χ0) is 22.1. The molecule has 4 rings (SSSR count). The predicted molar refractivity (Wildman–Crippen MR) is 117 cm³/mol. The molecule has 1 saturated heterocycles. The Morgan fingerprint density at radius 3 is 2.52 bits per heavy atom. The highest BCUT2D eigenvalue weighted by molar-refractivity contribution is 6.29. The third kappa shape index (κ3) is 3.76. The Morgan fingerprint density at radius 1 is 1.10 bits per heavy atom. The first-order chi connectivity index (χ1) is 15.0. The lowest BCUT2D eigenvalue weighted by Crippen LogP contribution is -2.66. The Bertz CT molecular complexity index is 1030. The summed E-state index contributed by atoms with van der Waals surface area (Å²) in [5.74, 6) is -0.316. The number of hydrogen-bond donors (Lipinski definition) is 0. The van der Waals surface area contributed by atoms with Crippen LogP contribution in [0.25, 0.3) is 0 Å². The minimum Gasteiger partial charge on any atom is -0.309 e. The molecule has 2 aliphatic rings. The van der Waals surface area contributed by atoms with Gasteiger partial charge in [0.25, 0.3) is 5.91 Å². The van der Waals surface area contributed by atoms with Crippen molar-refractivity contribution in [3.8, 4) is 0 Å². The van der Waals surface area contributed by atoms with Gasteiger partial charge in [-0.2, -0.15) is 0 Å². The van der Waals surface area contributed by atoms with E-state index >= 15 is 0 Å². The van der Waals surface area contributed by atoms with E-state index in [9.17, 15) is 14.0 Å². The van der Waals surface area contributed by atoms with Crippen LogP contribution in [0.4, 0.5) is 14.9 Å². The molecule has 2 aromatic rings. The fraction of sp³-hybridized carbons (Fsp3) is 0.364. The van der Waals surface area contributed by atoms with Crippen LogP contribution in [-0.2, 0) is 4.79 Å². The lowest BCUT2D eigenvalue weighted by Gasteiger charge is -2.43. The summed E-state index contributed by atoms with van der Waals surface area (Å²) in [6.07, 6.45) is 2.22. The molecule has 2 unspecified atom stereocenters. The number of nitrogens with zero attached hydrogens (tertiary/aromatic N) is 5. The van der Waals surface area contributed by atoms with Gasteiger partial charge in [0.1, 0.15) is 16.8 Å². The Kier molecular flexibility index (Phi) is 5.91. The van der Waals surface area contributed by atoms with Crippen molar-refractivity contribution < 1.29 is 14.0 Å². The predicted octanol–water partition coefficient (Wildman–Crippen LogP) is 3.92. The minimum atomic E-state index is -0.789. The minimum absolute atomic E-state index is 0.315. The van der Waals surface area contributed by atoms with Crippen LogP contribution < -0.4 is 4.90 Å². The molecule has 0 radical (unpaired) electrons. The second-order valence-electron chi connectivity index (χ2n) is 7.50. The van der Waals surface area contributed by atoms with Crippen LogP contribution in [0.1, 0.15) is 32.3 Å². The molecule has 9 heteroatoms. The van der Waals surface area contributed by atoms with Crippen LogP contribution >= 0.6 is 11.6 Å². The lowest BCUT2D eigenvalue weighted by atomic mass is 10.1. The monoisotopic (exact) mass is 443 g/mol. The van der Waals surface area contributed by atoms with Crippen LogP contribution in [0.2, 0.25) is 5.15 Å². The third-order valence-corrected chi connectivity index (χ3v) is 5.57. The fourth-order valence-corrected chi connectivity index (χ4v) is 4.16. The SMILES string of the molecule is CCCN1C(=O)C2C(N=C(c3ccc(Cl)nc3)N2c2cccc(F)c2)N(CCC)C1=O. The van der Waals surface area contributed by atoms with Gasteiger partial charge in [-0.15, -0.1) is 0 Å². The quantitative estimate of drug-likeness (QED) is 0.634. The number of amidine groups is 1. The number of imide groups is 1. The number of pyridine rings is 1. The molecule has 1 fully saturated rings. The van der Waals surface area contributed by atoms with Crippen molar-refractivity contribution in [2.24, 2.45) is 4.99 Å². The number of aliphatic imine (C=N–C) groups is 1. The van der Waals surface area contributed by atoms with E-state index in [0.29, 0.717) is 41.7 Å². The largest absolute Gasteiger partial charge is 0.328 e. The van der Waals surface area contributed by atoms with Gasteiger partial charge >= 0.3 is 6.03 Å². The van der Waals surface area contributed by atoms with E-state index in [1.165, 1.54) is 17.0 Å². The van der Waals surface area contributed by atoms with Crippen molar-refractivity contribution in [1.82, 2.24) is 14.8 Å². The maximum Gasteiger partial charge on any atom is 0.328 e. The highest BCUT2D eigenvalue weighted by Crippen LogP contribution is 2.35. The van der Waals surface area contributed by atoms with Crippen LogP contribution in [0.3, 0.4) is 0 Å². The first-order valence-electron chi connectivity index (χ1n) is 10.3. The number of rotatable bonds is 6. The van der Waals surface area contributed by atoms with E-state index in [2.05, 4.69) is 4.98 Å². The number of aromatic nitrogens is 1. The van der Waals surface area contributed by atoms with E-state index in [0.717, 1.165) is 6.42 Å². The van der Waals surface area contributed by atoms with Gasteiger partial charge in [0.05, 0.1) is 0 Å². The molecule has 3 heterocycles. The summed E-state index contributed by atoms with van der Waals surface area (Å²) in [6.45, 7) is 4.66. The summed E-state index contributed by atoms with van der Waals surface area (Å²) in [4.78, 5) is 40.1. The van der Waals surface area contributed by atoms with Crippen molar-refractivity contribution in [2.75, 3.05) is 18.0 Å². The number of urea groups is 1. The number of anilines is 1. The van der Waals surface area contributed by atoms with Crippen molar-refractivity contribution >= 4 is 35.1 Å². The average Bonchev–Trinajstić information content (AvgIpc) is 3.15. The Morgan fingerprint density at radius 2 is 1.87 bits per heavy atom. The van der Waals surface area contributed by atoms with Gasteiger partial charge in [-0.05, 0) is 43.2 Å². The summed E-state index contributed by atoms with van der Waals surface area (Å²) in [6, 6.07) is 8.26. The number of amides is 3. The Labute approximate surface area is 185 Å². The molecule has 3 amide bonds. The molecular weight excluding hydrogens is 421 g/mol. The van der Waals surface area contributed by atoms with Crippen LogP contribution in [0, 0.1) is 5.82 Å². The summed E-state index contributed by atoms with van der Waals surface area (Å²) in [5.41, 5.74) is 1.11. The third-order valence-electron chi connectivity index (χ3n) is 5.34. The molecule has 0 spiro atoms. The maximum absolute atomic E-state index is 14.1. The van der Waals surface area contributed by atoms with Gasteiger partial charge in [0.2, 0.25) is 0 Å². The molecule has 7 nitrogen and oxygen atoms in total. The van der Waals surface area contributed by atoms with Crippen LogP contribution in [0.5, 0.6) is 0 Å². The van der Waals surface area contributed by atoms with E-state index in [-0.39, 0.29) is 11.9 Å². The van der Waals surface area contributed by atoms with Crippen molar-refractivity contribution in [1.29, 1.82) is 0 Å². The first-order valence-corrected chi connectivity index (χ1v) is 10.7.